The van der Waals surface area contributed by atoms with E-state index in [4.69, 9.17) is 4.74 Å². The molecule has 146 valence electrons. The van der Waals surface area contributed by atoms with E-state index in [1.807, 2.05) is 18.2 Å². The molecule has 2 heterocycles. The second-order valence-corrected chi connectivity index (χ2v) is 9.36. The molecule has 0 radical (unpaired) electrons. The van der Waals surface area contributed by atoms with Gasteiger partial charge in [0, 0.05) is 4.88 Å². The fourth-order valence-electron chi connectivity index (χ4n) is 3.32. The molecule has 1 aromatic carbocycles. The van der Waals surface area contributed by atoms with Gasteiger partial charge in [-0.05, 0) is 76.9 Å². The third-order valence-electron chi connectivity index (χ3n) is 4.72. The summed E-state index contributed by atoms with van der Waals surface area (Å²) < 4.78 is 7.97. The Labute approximate surface area is 176 Å². The van der Waals surface area contributed by atoms with Gasteiger partial charge in [-0.2, -0.15) is 9.78 Å². The van der Waals surface area contributed by atoms with Crippen LogP contribution in [0.5, 0.6) is 5.75 Å². The lowest BCUT2D eigenvalue weighted by Gasteiger charge is -2.10. The van der Waals surface area contributed by atoms with Crippen molar-refractivity contribution in [1.29, 1.82) is 0 Å². The summed E-state index contributed by atoms with van der Waals surface area (Å²) in [6.45, 7) is 4.89. The van der Waals surface area contributed by atoms with Gasteiger partial charge < -0.3 is 4.74 Å². The fraction of sp³-hybridized carbons (Fsp3) is 0.381. The highest BCUT2D eigenvalue weighted by Gasteiger charge is 2.19. The van der Waals surface area contributed by atoms with Gasteiger partial charge in [0.1, 0.15) is 16.9 Å². The van der Waals surface area contributed by atoms with E-state index in [9.17, 15) is 4.79 Å². The van der Waals surface area contributed by atoms with Crippen molar-refractivity contribution in [2.75, 3.05) is 6.61 Å². The number of fused-ring (bicyclic) bond motifs is 3. The zero-order valence-electron chi connectivity index (χ0n) is 15.9. The number of benzene rings is 1. The number of nitrogens with zero attached hydrogens (tertiary/aromatic N) is 3. The molecule has 1 aliphatic rings. The van der Waals surface area contributed by atoms with Gasteiger partial charge in [0.05, 0.1) is 22.7 Å². The average Bonchev–Trinajstić information content (AvgIpc) is 3.06. The molecule has 0 saturated carbocycles. The first-order chi connectivity index (χ1) is 13.5. The Bertz CT molecular complexity index is 1100. The third kappa shape index (κ3) is 3.91. The first-order valence-corrected chi connectivity index (χ1v) is 11.1. The molecule has 0 fully saturated rings. The molecule has 0 aliphatic heterocycles. The summed E-state index contributed by atoms with van der Waals surface area (Å²) in [4.78, 5) is 19.6. The van der Waals surface area contributed by atoms with E-state index < -0.39 is 0 Å². The smallest absolute Gasteiger partial charge is 0.282 e. The molecule has 3 aromatic rings. The Balaban J connectivity index is 1.61. The topological polar surface area (TPSA) is 56.5 Å². The highest BCUT2D eigenvalue weighted by atomic mass is 79.9. The minimum atomic E-state index is -0.0865. The number of rotatable bonds is 5. The van der Waals surface area contributed by atoms with Crippen LogP contribution in [0.25, 0.3) is 10.2 Å². The van der Waals surface area contributed by atoms with E-state index >= 15 is 0 Å². The normalized spacial score (nSPS) is 14.1. The zero-order valence-corrected chi connectivity index (χ0v) is 18.3. The van der Waals surface area contributed by atoms with Crippen molar-refractivity contribution in [2.45, 2.75) is 39.5 Å². The number of hydrogen-bond acceptors (Lipinski definition) is 5. The van der Waals surface area contributed by atoms with Crippen LogP contribution in [-0.4, -0.2) is 22.5 Å². The van der Waals surface area contributed by atoms with E-state index in [0.717, 1.165) is 45.3 Å². The molecule has 0 unspecified atom stereocenters. The van der Waals surface area contributed by atoms with Crippen LogP contribution >= 0.6 is 27.3 Å². The molecule has 0 N–H and O–H groups in total. The van der Waals surface area contributed by atoms with E-state index in [1.54, 1.807) is 17.6 Å². The summed E-state index contributed by atoms with van der Waals surface area (Å²) in [6, 6.07) is 5.77. The van der Waals surface area contributed by atoms with Crippen LogP contribution in [-0.2, 0) is 12.8 Å². The molecule has 0 amide bonds. The third-order valence-corrected chi connectivity index (χ3v) is 6.54. The molecule has 2 aromatic heterocycles. The van der Waals surface area contributed by atoms with Crippen molar-refractivity contribution in [1.82, 2.24) is 9.66 Å². The Kier molecular flexibility index (Phi) is 5.64. The van der Waals surface area contributed by atoms with Crippen LogP contribution in [0.3, 0.4) is 0 Å². The van der Waals surface area contributed by atoms with Crippen LogP contribution < -0.4 is 10.3 Å². The molecular formula is C21H22BrN3O2S. The molecule has 0 saturated heterocycles. The number of aryl methyl sites for hydroxylation is 2. The maximum absolute atomic E-state index is 12.9. The summed E-state index contributed by atoms with van der Waals surface area (Å²) in [6.07, 6.45) is 7.53. The second-order valence-electron chi connectivity index (χ2n) is 7.42. The fourth-order valence-corrected chi connectivity index (χ4v) is 5.05. The zero-order chi connectivity index (χ0) is 19.7. The van der Waals surface area contributed by atoms with E-state index in [2.05, 4.69) is 39.9 Å². The monoisotopic (exact) mass is 459 g/mol. The first kappa shape index (κ1) is 19.3. The maximum atomic E-state index is 12.9. The Morgan fingerprint density at radius 2 is 2.18 bits per heavy atom. The molecule has 0 spiro atoms. The minimum Gasteiger partial charge on any atom is -0.492 e. The van der Waals surface area contributed by atoms with Crippen molar-refractivity contribution >= 4 is 43.7 Å². The number of thiophene rings is 1. The van der Waals surface area contributed by atoms with Gasteiger partial charge in [-0.1, -0.05) is 13.8 Å². The summed E-state index contributed by atoms with van der Waals surface area (Å²) in [7, 11) is 0. The van der Waals surface area contributed by atoms with E-state index in [0.29, 0.717) is 12.5 Å². The molecule has 7 heteroatoms. The average molecular weight is 460 g/mol. The summed E-state index contributed by atoms with van der Waals surface area (Å²) in [5, 5.41) is 5.11. The number of aromatic nitrogens is 2. The SMILES string of the molecule is CC(C)COc1ccc(/C=N\n2cnc3sc4c(c3c2=O)CCCC4)cc1Br. The molecule has 0 bridgehead atoms. The van der Waals surface area contributed by atoms with Gasteiger partial charge in [0.2, 0.25) is 0 Å². The van der Waals surface area contributed by atoms with Crippen molar-refractivity contribution in [2.24, 2.45) is 11.0 Å². The number of hydrogen-bond donors (Lipinski definition) is 0. The molecule has 4 rings (SSSR count). The van der Waals surface area contributed by atoms with Gasteiger partial charge in [-0.3, -0.25) is 4.79 Å². The molecule has 5 nitrogen and oxygen atoms in total. The van der Waals surface area contributed by atoms with Gasteiger partial charge in [0.25, 0.3) is 5.56 Å². The predicted octanol–water partition coefficient (Wildman–Crippen LogP) is 5.02. The second kappa shape index (κ2) is 8.17. The quantitative estimate of drug-likeness (QED) is 0.503. The van der Waals surface area contributed by atoms with Crippen LogP contribution in [0.4, 0.5) is 0 Å². The van der Waals surface area contributed by atoms with Crippen LogP contribution in [0.2, 0.25) is 0 Å². The molecular weight excluding hydrogens is 438 g/mol. The highest BCUT2D eigenvalue weighted by molar-refractivity contribution is 9.10. The summed E-state index contributed by atoms with van der Waals surface area (Å²) in [5.41, 5.74) is 1.97. The lowest BCUT2D eigenvalue weighted by atomic mass is 9.97. The number of halogens is 1. The molecule has 1 aliphatic carbocycles. The largest absolute Gasteiger partial charge is 0.492 e. The van der Waals surface area contributed by atoms with Crippen molar-refractivity contribution in [3.8, 4) is 5.75 Å². The van der Waals surface area contributed by atoms with Gasteiger partial charge in [0.15, 0.2) is 0 Å². The van der Waals surface area contributed by atoms with Gasteiger partial charge in [-0.15, -0.1) is 11.3 Å². The van der Waals surface area contributed by atoms with Crippen molar-refractivity contribution in [3.05, 3.63) is 55.4 Å². The van der Waals surface area contributed by atoms with Crippen LogP contribution in [0.1, 0.15) is 42.7 Å². The summed E-state index contributed by atoms with van der Waals surface area (Å²) >= 11 is 5.19. The maximum Gasteiger partial charge on any atom is 0.282 e. The lowest BCUT2D eigenvalue weighted by Crippen LogP contribution is -2.18. The van der Waals surface area contributed by atoms with Crippen LogP contribution in [0, 0.1) is 5.92 Å². The summed E-state index contributed by atoms with van der Waals surface area (Å²) in [5.74, 6) is 1.27. The predicted molar refractivity (Wildman–Crippen MR) is 118 cm³/mol. The van der Waals surface area contributed by atoms with Gasteiger partial charge in [-0.25, -0.2) is 4.98 Å². The lowest BCUT2D eigenvalue weighted by molar-refractivity contribution is 0.269. The molecule has 28 heavy (non-hydrogen) atoms. The molecule has 0 atom stereocenters. The Morgan fingerprint density at radius 3 is 2.96 bits per heavy atom. The Morgan fingerprint density at radius 1 is 1.36 bits per heavy atom. The minimum absolute atomic E-state index is 0.0865. The van der Waals surface area contributed by atoms with Crippen molar-refractivity contribution < 1.29 is 4.74 Å². The van der Waals surface area contributed by atoms with E-state index in [1.165, 1.54) is 27.9 Å². The first-order valence-electron chi connectivity index (χ1n) is 9.51. The Hall–Kier alpha value is -1.99. The van der Waals surface area contributed by atoms with Gasteiger partial charge >= 0.3 is 0 Å². The number of ether oxygens (including phenoxy) is 1. The highest BCUT2D eigenvalue weighted by Crippen LogP contribution is 2.33. The van der Waals surface area contributed by atoms with E-state index in [-0.39, 0.29) is 5.56 Å². The standard InChI is InChI=1S/C21H22BrN3O2S/c1-13(2)11-27-17-8-7-14(9-16(17)22)10-24-25-12-23-20-19(21(25)26)15-5-3-4-6-18(15)28-20/h7-10,12-13H,3-6,11H2,1-2H3/b24-10-. The van der Waals surface area contributed by atoms with Crippen LogP contribution in [0.15, 0.2) is 38.9 Å². The van der Waals surface area contributed by atoms with Crippen molar-refractivity contribution in [3.63, 3.8) is 0 Å².